The highest BCUT2D eigenvalue weighted by Gasteiger charge is 2.23. The van der Waals surface area contributed by atoms with E-state index in [1.807, 2.05) is 12.1 Å². The lowest BCUT2D eigenvalue weighted by molar-refractivity contribution is -0.895. The molecule has 1 amide bonds. The maximum Gasteiger partial charge on any atom is 0.279 e. The summed E-state index contributed by atoms with van der Waals surface area (Å²) < 4.78 is 12.9. The van der Waals surface area contributed by atoms with Crippen LogP contribution in [0.15, 0.2) is 48.5 Å². The Morgan fingerprint density at radius 3 is 2.21 bits per heavy atom. The lowest BCUT2D eigenvalue weighted by Gasteiger charge is -2.33. The summed E-state index contributed by atoms with van der Waals surface area (Å²) in [5.74, 6) is -0.377. The van der Waals surface area contributed by atoms with Gasteiger partial charge in [0, 0.05) is 11.4 Å². The van der Waals surface area contributed by atoms with E-state index in [2.05, 4.69) is 34.6 Å². The predicted octanol–water partition coefficient (Wildman–Crippen LogP) is 1.92. The highest BCUT2D eigenvalue weighted by Crippen LogP contribution is 2.11. The maximum atomic E-state index is 12.9. The molecule has 0 atom stereocenters. The number of halogens is 1. The summed E-state index contributed by atoms with van der Waals surface area (Å²) >= 11 is 5.54. The van der Waals surface area contributed by atoms with Gasteiger partial charge < -0.3 is 20.4 Å². The molecule has 0 radical (unpaired) electrons. The number of nitrogens with zero attached hydrogens (tertiary/aromatic N) is 1. The number of hydrogen-bond acceptors (Lipinski definition) is 2. The molecule has 2 aromatic carbocycles. The topological polar surface area (TPSA) is 48.8 Å². The molecule has 0 aromatic heterocycles. The van der Waals surface area contributed by atoms with Crippen LogP contribution >= 0.6 is 12.2 Å². The fraction of sp³-hybridized carbons (Fsp3) is 0.333. The number of carbonyl (C=O) groups excluding carboxylic acids is 1. The molecule has 3 N–H and O–H groups in total. The van der Waals surface area contributed by atoms with Gasteiger partial charge in [0.15, 0.2) is 11.7 Å². The van der Waals surface area contributed by atoms with Crippen LogP contribution in [0.5, 0.6) is 0 Å². The van der Waals surface area contributed by atoms with Crippen molar-refractivity contribution in [1.29, 1.82) is 0 Å². The monoisotopic (exact) mass is 401 g/mol. The van der Waals surface area contributed by atoms with Crippen LogP contribution in [0.1, 0.15) is 12.5 Å². The Hall–Kier alpha value is -2.51. The first-order valence-electron chi connectivity index (χ1n) is 9.57. The van der Waals surface area contributed by atoms with Crippen molar-refractivity contribution in [3.8, 4) is 0 Å². The molecule has 0 bridgehead atoms. The van der Waals surface area contributed by atoms with Gasteiger partial charge in [-0.2, -0.15) is 0 Å². The first-order chi connectivity index (χ1) is 13.5. The van der Waals surface area contributed by atoms with Gasteiger partial charge in [-0.3, -0.25) is 4.79 Å². The minimum atomic E-state index is -0.314. The quantitative estimate of drug-likeness (QED) is 0.670. The predicted molar refractivity (Wildman–Crippen MR) is 114 cm³/mol. The molecule has 0 aliphatic carbocycles. The molecule has 0 unspecified atom stereocenters. The van der Waals surface area contributed by atoms with E-state index >= 15 is 0 Å². The van der Waals surface area contributed by atoms with Gasteiger partial charge >= 0.3 is 0 Å². The number of anilines is 2. The summed E-state index contributed by atoms with van der Waals surface area (Å²) in [4.78, 5) is 15.6. The summed E-state index contributed by atoms with van der Waals surface area (Å²) in [6, 6.07) is 14.1. The first kappa shape index (κ1) is 20.2. The molecule has 5 nitrogen and oxygen atoms in total. The van der Waals surface area contributed by atoms with Crippen LogP contribution in [0.25, 0.3) is 0 Å². The number of carbonyl (C=O) groups is 1. The number of hydrogen-bond donors (Lipinski definition) is 3. The van der Waals surface area contributed by atoms with Crippen molar-refractivity contribution >= 4 is 34.6 Å². The molecule has 3 rings (SSSR count). The standard InChI is InChI=1S/C21H25FN4OS/c1-2-16-3-7-19(8-4-16)24-21(28)26-13-11-25(12-14-26)15-20(27)23-18-9-5-17(22)6-10-18/h3-10H,2,11-15H2,1H3,(H,23,27)(H,24,28)/p+1. The maximum absolute atomic E-state index is 12.9. The second-order valence-electron chi connectivity index (χ2n) is 6.95. The van der Waals surface area contributed by atoms with Crippen LogP contribution in [0, 0.1) is 5.82 Å². The van der Waals surface area contributed by atoms with Gasteiger partial charge in [-0.05, 0) is 60.6 Å². The van der Waals surface area contributed by atoms with E-state index in [9.17, 15) is 9.18 Å². The molecule has 148 valence electrons. The van der Waals surface area contributed by atoms with E-state index in [0.717, 1.165) is 43.4 Å². The van der Waals surface area contributed by atoms with Gasteiger partial charge in [0.25, 0.3) is 5.91 Å². The Morgan fingerprint density at radius 1 is 1.04 bits per heavy atom. The van der Waals surface area contributed by atoms with Gasteiger partial charge in [-0.15, -0.1) is 0 Å². The number of nitrogens with one attached hydrogen (secondary N) is 3. The Bertz CT molecular complexity index is 802. The molecule has 1 heterocycles. The largest absolute Gasteiger partial charge is 0.338 e. The van der Waals surface area contributed by atoms with E-state index in [1.54, 1.807) is 12.1 Å². The number of piperazine rings is 1. The summed E-state index contributed by atoms with van der Waals surface area (Å²) in [6.45, 7) is 5.82. The van der Waals surface area contributed by atoms with Crippen molar-refractivity contribution in [3.05, 3.63) is 59.9 Å². The van der Waals surface area contributed by atoms with Crippen molar-refractivity contribution in [1.82, 2.24) is 4.90 Å². The highest BCUT2D eigenvalue weighted by molar-refractivity contribution is 7.80. The second kappa shape index (κ2) is 9.61. The Morgan fingerprint density at radius 2 is 1.61 bits per heavy atom. The molecule has 0 saturated carbocycles. The molecular weight excluding hydrogens is 375 g/mol. The smallest absolute Gasteiger partial charge is 0.279 e. The van der Waals surface area contributed by atoms with Gasteiger partial charge in [0.1, 0.15) is 5.82 Å². The van der Waals surface area contributed by atoms with Crippen molar-refractivity contribution in [2.45, 2.75) is 13.3 Å². The fourth-order valence-corrected chi connectivity index (χ4v) is 3.50. The molecule has 2 aromatic rings. The number of amides is 1. The summed E-state index contributed by atoms with van der Waals surface area (Å²) in [7, 11) is 0. The third-order valence-corrected chi connectivity index (χ3v) is 5.27. The van der Waals surface area contributed by atoms with E-state index in [-0.39, 0.29) is 11.7 Å². The number of quaternary nitrogens is 1. The first-order valence-corrected chi connectivity index (χ1v) is 9.98. The van der Waals surface area contributed by atoms with Crippen LogP contribution in [0.3, 0.4) is 0 Å². The Balaban J connectivity index is 1.42. The lowest BCUT2D eigenvalue weighted by atomic mass is 10.1. The third kappa shape index (κ3) is 5.74. The molecule has 1 aliphatic heterocycles. The number of rotatable bonds is 5. The summed E-state index contributed by atoms with van der Waals surface area (Å²) in [5.41, 5.74) is 2.91. The SMILES string of the molecule is CCc1ccc(NC(=S)N2CC[NH+](CC(=O)Nc3ccc(F)cc3)CC2)cc1. The third-order valence-electron chi connectivity index (χ3n) is 4.91. The van der Waals surface area contributed by atoms with Crippen LogP contribution in [-0.2, 0) is 11.2 Å². The van der Waals surface area contributed by atoms with Crippen LogP contribution < -0.4 is 15.5 Å². The van der Waals surface area contributed by atoms with Gasteiger partial charge in [-0.25, -0.2) is 4.39 Å². The zero-order valence-electron chi connectivity index (χ0n) is 16.0. The van der Waals surface area contributed by atoms with E-state index < -0.39 is 0 Å². The van der Waals surface area contributed by atoms with Crippen molar-refractivity contribution in [2.75, 3.05) is 43.4 Å². The number of aryl methyl sites for hydroxylation is 1. The molecule has 7 heteroatoms. The molecule has 28 heavy (non-hydrogen) atoms. The fourth-order valence-electron chi connectivity index (χ4n) is 3.19. The zero-order chi connectivity index (χ0) is 19.9. The van der Waals surface area contributed by atoms with Crippen LogP contribution in [-0.4, -0.2) is 48.6 Å². The lowest BCUT2D eigenvalue weighted by Crippen LogP contribution is -3.15. The van der Waals surface area contributed by atoms with E-state index in [1.165, 1.54) is 22.6 Å². The van der Waals surface area contributed by atoms with Crippen molar-refractivity contribution < 1.29 is 14.1 Å². The Labute approximate surface area is 170 Å². The Kier molecular flexibility index (Phi) is 6.95. The average molecular weight is 402 g/mol. The molecule has 1 fully saturated rings. The minimum Gasteiger partial charge on any atom is -0.338 e. The van der Waals surface area contributed by atoms with Gasteiger partial charge in [0.2, 0.25) is 0 Å². The minimum absolute atomic E-state index is 0.0632. The average Bonchev–Trinajstić information content (AvgIpc) is 2.71. The van der Waals surface area contributed by atoms with Crippen LogP contribution in [0.4, 0.5) is 15.8 Å². The zero-order valence-corrected chi connectivity index (χ0v) is 16.8. The van der Waals surface area contributed by atoms with Crippen LogP contribution in [0.2, 0.25) is 0 Å². The van der Waals surface area contributed by atoms with Crippen molar-refractivity contribution in [2.24, 2.45) is 0 Å². The molecule has 1 saturated heterocycles. The molecule has 1 aliphatic rings. The number of thiocarbonyl (C=S) groups is 1. The molecule has 0 spiro atoms. The van der Waals surface area contributed by atoms with Gasteiger partial charge in [-0.1, -0.05) is 19.1 Å². The van der Waals surface area contributed by atoms with E-state index in [4.69, 9.17) is 12.2 Å². The number of benzene rings is 2. The second-order valence-corrected chi connectivity index (χ2v) is 7.34. The van der Waals surface area contributed by atoms with Gasteiger partial charge in [0.05, 0.1) is 26.2 Å². The van der Waals surface area contributed by atoms with Crippen molar-refractivity contribution in [3.63, 3.8) is 0 Å². The summed E-state index contributed by atoms with van der Waals surface area (Å²) in [6.07, 6.45) is 1.02. The molecular formula is C21H26FN4OS+. The van der Waals surface area contributed by atoms with E-state index in [0.29, 0.717) is 12.2 Å². The normalized spacial score (nSPS) is 14.6. The highest BCUT2D eigenvalue weighted by atomic mass is 32.1. The summed E-state index contributed by atoms with van der Waals surface area (Å²) in [5, 5.41) is 6.83.